The highest BCUT2D eigenvalue weighted by atomic mass is 15.0. The molecule has 0 fully saturated rings. The van der Waals surface area contributed by atoms with Crippen molar-refractivity contribution in [2.75, 3.05) is 0 Å². The highest BCUT2D eigenvalue weighted by molar-refractivity contribution is 5.88. The van der Waals surface area contributed by atoms with Crippen LogP contribution < -0.4 is 4.57 Å². The topological polar surface area (TPSA) is 29.7 Å². The molecule has 0 saturated carbocycles. The highest BCUT2D eigenvalue weighted by Gasteiger charge is 2.15. The van der Waals surface area contributed by atoms with Crippen LogP contribution in [0.5, 0.6) is 0 Å². The first-order valence-electron chi connectivity index (χ1n) is 5.92. The predicted molar refractivity (Wildman–Crippen MR) is 70.9 cm³/mol. The Morgan fingerprint density at radius 2 is 1.94 bits per heavy atom. The molecule has 0 aliphatic rings. The summed E-state index contributed by atoms with van der Waals surface area (Å²) in [5.74, 6) is 0. The van der Waals surface area contributed by atoms with Crippen LogP contribution in [0.15, 0.2) is 49.1 Å². The molecule has 0 unspecified atom stereocenters. The lowest BCUT2D eigenvalue weighted by Crippen LogP contribution is -2.31. The maximum Gasteiger partial charge on any atom is 0.249 e. The standard InChI is InChI=1S/C15H14N3/c1-11-13-6-4-3-5-12(13)9-17-15(11)14-10-16-7-8-18(14)2/h3-10H,1-2H3/q+1. The summed E-state index contributed by atoms with van der Waals surface area (Å²) in [6, 6.07) is 8.31. The van der Waals surface area contributed by atoms with Crippen LogP contribution in [0.4, 0.5) is 0 Å². The molecule has 0 aliphatic carbocycles. The minimum atomic E-state index is 0.990. The minimum Gasteiger partial charge on any atom is -0.251 e. The summed E-state index contributed by atoms with van der Waals surface area (Å²) in [5.41, 5.74) is 3.21. The van der Waals surface area contributed by atoms with Crippen LogP contribution >= 0.6 is 0 Å². The highest BCUT2D eigenvalue weighted by Crippen LogP contribution is 2.24. The van der Waals surface area contributed by atoms with Crippen molar-refractivity contribution in [3.63, 3.8) is 0 Å². The number of hydrogen-bond acceptors (Lipinski definition) is 2. The fraction of sp³-hybridized carbons (Fsp3) is 0.133. The summed E-state index contributed by atoms with van der Waals surface area (Å²) in [7, 11) is 2.01. The molecule has 3 heteroatoms. The average Bonchev–Trinajstić information content (AvgIpc) is 2.41. The number of nitrogens with zero attached hydrogens (tertiary/aromatic N) is 3. The van der Waals surface area contributed by atoms with Crippen molar-refractivity contribution in [2.24, 2.45) is 7.05 Å². The van der Waals surface area contributed by atoms with E-state index in [9.17, 15) is 0 Å². The Morgan fingerprint density at radius 3 is 2.78 bits per heavy atom. The summed E-state index contributed by atoms with van der Waals surface area (Å²) in [4.78, 5) is 8.76. The maximum atomic E-state index is 4.58. The second kappa shape index (κ2) is 4.18. The number of benzene rings is 1. The summed E-state index contributed by atoms with van der Waals surface area (Å²) < 4.78 is 2.04. The van der Waals surface area contributed by atoms with Gasteiger partial charge in [-0.2, -0.15) is 4.57 Å². The third-order valence-electron chi connectivity index (χ3n) is 3.25. The van der Waals surface area contributed by atoms with E-state index in [0.29, 0.717) is 0 Å². The van der Waals surface area contributed by atoms with Gasteiger partial charge in [-0.1, -0.05) is 24.3 Å². The number of pyridine rings is 1. The van der Waals surface area contributed by atoms with E-state index in [-0.39, 0.29) is 0 Å². The molecular weight excluding hydrogens is 222 g/mol. The van der Waals surface area contributed by atoms with Crippen molar-refractivity contribution >= 4 is 10.8 Å². The van der Waals surface area contributed by atoms with Crippen LogP contribution in [-0.4, -0.2) is 9.97 Å². The van der Waals surface area contributed by atoms with Gasteiger partial charge in [0.1, 0.15) is 18.9 Å². The number of fused-ring (bicyclic) bond motifs is 1. The first-order chi connectivity index (χ1) is 8.77. The SMILES string of the molecule is Cc1c(-c2cncc[n+]2C)ncc2ccccc12. The van der Waals surface area contributed by atoms with Gasteiger partial charge in [0, 0.05) is 11.6 Å². The molecule has 18 heavy (non-hydrogen) atoms. The van der Waals surface area contributed by atoms with E-state index in [4.69, 9.17) is 0 Å². The molecule has 2 aromatic heterocycles. The lowest BCUT2D eigenvalue weighted by molar-refractivity contribution is -0.661. The van der Waals surface area contributed by atoms with Gasteiger partial charge in [0.05, 0.1) is 6.20 Å². The van der Waals surface area contributed by atoms with Crippen molar-refractivity contribution in [3.8, 4) is 11.4 Å². The fourth-order valence-corrected chi connectivity index (χ4v) is 2.22. The Kier molecular flexibility index (Phi) is 2.52. The first-order valence-corrected chi connectivity index (χ1v) is 5.92. The molecular formula is C15H14N3+. The summed E-state index contributed by atoms with van der Waals surface area (Å²) >= 11 is 0. The molecule has 2 heterocycles. The zero-order valence-corrected chi connectivity index (χ0v) is 10.5. The molecule has 3 rings (SSSR count). The van der Waals surface area contributed by atoms with Crippen LogP contribution in [0.2, 0.25) is 0 Å². The number of aromatic nitrogens is 3. The smallest absolute Gasteiger partial charge is 0.249 e. The fourth-order valence-electron chi connectivity index (χ4n) is 2.22. The maximum absolute atomic E-state index is 4.58. The van der Waals surface area contributed by atoms with Crippen LogP contribution in [-0.2, 0) is 7.05 Å². The quantitative estimate of drug-likeness (QED) is 0.607. The number of aryl methyl sites for hydroxylation is 2. The zero-order chi connectivity index (χ0) is 12.5. The molecule has 0 N–H and O–H groups in total. The van der Waals surface area contributed by atoms with E-state index in [1.165, 1.54) is 16.3 Å². The molecule has 0 spiro atoms. The monoisotopic (exact) mass is 236 g/mol. The van der Waals surface area contributed by atoms with E-state index in [2.05, 4.69) is 35.1 Å². The van der Waals surface area contributed by atoms with Crippen LogP contribution in [0, 0.1) is 6.92 Å². The largest absolute Gasteiger partial charge is 0.251 e. The Hall–Kier alpha value is -2.29. The zero-order valence-electron chi connectivity index (χ0n) is 10.5. The lowest BCUT2D eigenvalue weighted by Gasteiger charge is -2.06. The Bertz CT molecular complexity index is 720. The van der Waals surface area contributed by atoms with Crippen molar-refractivity contribution in [2.45, 2.75) is 6.92 Å². The van der Waals surface area contributed by atoms with Crippen molar-refractivity contribution in [3.05, 3.63) is 54.6 Å². The number of rotatable bonds is 1. The van der Waals surface area contributed by atoms with Crippen LogP contribution in [0.3, 0.4) is 0 Å². The molecule has 0 saturated heterocycles. The van der Waals surface area contributed by atoms with Gasteiger partial charge in [0.2, 0.25) is 5.69 Å². The Balaban J connectivity index is 2.31. The lowest BCUT2D eigenvalue weighted by atomic mass is 10.0. The molecule has 0 aliphatic heterocycles. The Labute approximate surface area is 106 Å². The van der Waals surface area contributed by atoms with Gasteiger partial charge in [-0.05, 0) is 17.9 Å². The molecule has 88 valence electrons. The van der Waals surface area contributed by atoms with E-state index in [1.807, 2.05) is 36.3 Å². The van der Waals surface area contributed by atoms with Crippen molar-refractivity contribution < 1.29 is 4.57 Å². The van der Waals surface area contributed by atoms with Gasteiger partial charge in [-0.25, -0.2) is 4.98 Å². The normalized spacial score (nSPS) is 10.8. The summed E-state index contributed by atoms with van der Waals surface area (Å²) in [6.07, 6.45) is 7.49. The van der Waals surface area contributed by atoms with E-state index >= 15 is 0 Å². The van der Waals surface area contributed by atoms with E-state index in [1.54, 1.807) is 6.20 Å². The third-order valence-corrected chi connectivity index (χ3v) is 3.25. The minimum absolute atomic E-state index is 0.990. The molecule has 3 nitrogen and oxygen atoms in total. The third kappa shape index (κ3) is 1.64. The molecule has 0 bridgehead atoms. The predicted octanol–water partition coefficient (Wildman–Crippen LogP) is 2.43. The molecule has 0 radical (unpaired) electrons. The van der Waals surface area contributed by atoms with Crippen molar-refractivity contribution in [1.29, 1.82) is 0 Å². The Morgan fingerprint density at radius 1 is 1.11 bits per heavy atom. The van der Waals surface area contributed by atoms with Crippen LogP contribution in [0.25, 0.3) is 22.2 Å². The second-order valence-corrected chi connectivity index (χ2v) is 4.39. The van der Waals surface area contributed by atoms with E-state index in [0.717, 1.165) is 11.4 Å². The molecule has 0 atom stereocenters. The van der Waals surface area contributed by atoms with Crippen LogP contribution in [0.1, 0.15) is 5.56 Å². The van der Waals surface area contributed by atoms with Gasteiger partial charge in [0.15, 0.2) is 6.20 Å². The number of hydrogen-bond donors (Lipinski definition) is 0. The first kappa shape index (κ1) is 10.8. The van der Waals surface area contributed by atoms with Gasteiger partial charge < -0.3 is 0 Å². The molecule has 3 aromatic rings. The van der Waals surface area contributed by atoms with Gasteiger partial charge in [-0.3, -0.25) is 4.98 Å². The average molecular weight is 236 g/mol. The van der Waals surface area contributed by atoms with Gasteiger partial charge in [0.25, 0.3) is 0 Å². The summed E-state index contributed by atoms with van der Waals surface area (Å²) in [6.45, 7) is 2.11. The van der Waals surface area contributed by atoms with Crippen molar-refractivity contribution in [1.82, 2.24) is 9.97 Å². The summed E-state index contributed by atoms with van der Waals surface area (Å²) in [5, 5.41) is 2.41. The molecule has 1 aromatic carbocycles. The van der Waals surface area contributed by atoms with Gasteiger partial charge in [-0.15, -0.1) is 0 Å². The van der Waals surface area contributed by atoms with Gasteiger partial charge >= 0.3 is 0 Å². The molecule has 0 amide bonds. The second-order valence-electron chi connectivity index (χ2n) is 4.39. The van der Waals surface area contributed by atoms with E-state index < -0.39 is 0 Å².